The summed E-state index contributed by atoms with van der Waals surface area (Å²) in [5.74, 6) is 0. The van der Waals surface area contributed by atoms with Gasteiger partial charge in [0.05, 0.1) is 16.8 Å². The largest absolute Gasteiger partial charge is 0.310 e. The highest BCUT2D eigenvalue weighted by atomic mass is 15.2. The normalized spacial score (nSPS) is 12.7. The topological polar surface area (TPSA) is 6.48 Å². The summed E-state index contributed by atoms with van der Waals surface area (Å²) in [6.45, 7) is -0.323. The van der Waals surface area contributed by atoms with E-state index >= 15 is 0 Å². The lowest BCUT2D eigenvalue weighted by molar-refractivity contribution is 0.768. The van der Waals surface area contributed by atoms with Crippen LogP contribution < -0.4 is 26.2 Å². The van der Waals surface area contributed by atoms with E-state index in [1.165, 1.54) is 44.2 Å². The summed E-state index contributed by atoms with van der Waals surface area (Å²) < 4.78 is 0. The number of nitrogens with zero attached hydrogens (tertiary/aromatic N) is 2. The smallest absolute Gasteiger partial charge is 0.252 e. The minimum absolute atomic E-state index is 0.323. The average molecular weight is 1420 g/mol. The van der Waals surface area contributed by atoms with Gasteiger partial charge in [-0.05, 0) is 187 Å². The first-order valence-corrected chi connectivity index (χ1v) is 38.9. The summed E-state index contributed by atoms with van der Waals surface area (Å²) in [5, 5.41) is 0. The summed E-state index contributed by atoms with van der Waals surface area (Å²) in [6, 6.07) is 166. The third-order valence-corrected chi connectivity index (χ3v) is 23.5. The van der Waals surface area contributed by atoms with Crippen LogP contribution in [-0.2, 0) is 5.41 Å². The molecule has 0 saturated carbocycles. The maximum atomic E-state index is 2.73. The lowest BCUT2D eigenvalue weighted by Gasteiger charge is -2.47. The van der Waals surface area contributed by atoms with E-state index in [2.05, 4.69) is 453 Å². The summed E-state index contributed by atoms with van der Waals surface area (Å²) in [7, 11) is 0. The van der Waals surface area contributed by atoms with Crippen LogP contribution in [0.2, 0.25) is 0 Å². The monoisotopic (exact) mass is 1420 g/mol. The Labute approximate surface area is 655 Å². The van der Waals surface area contributed by atoms with Crippen LogP contribution in [0.3, 0.4) is 0 Å². The van der Waals surface area contributed by atoms with Crippen molar-refractivity contribution in [3.8, 4) is 122 Å². The van der Waals surface area contributed by atoms with Crippen LogP contribution in [0.5, 0.6) is 0 Å². The van der Waals surface area contributed by atoms with E-state index in [0.717, 1.165) is 151 Å². The molecule has 3 aliphatic rings. The number of fused-ring (bicyclic) bond motifs is 7. The van der Waals surface area contributed by atoms with Crippen LogP contribution in [0.1, 0.15) is 22.3 Å². The number of rotatable bonds is 14. The van der Waals surface area contributed by atoms with Gasteiger partial charge in [0.1, 0.15) is 0 Å². The maximum absolute atomic E-state index is 2.73. The molecule has 0 radical (unpaired) electrons. The Hall–Kier alpha value is -14.4. The predicted molar refractivity (Wildman–Crippen MR) is 472 cm³/mol. The van der Waals surface area contributed by atoms with E-state index in [0.29, 0.717) is 0 Å². The van der Waals surface area contributed by atoms with Crippen molar-refractivity contribution in [1.82, 2.24) is 0 Å². The first-order chi connectivity index (χ1) is 55.6. The van der Waals surface area contributed by atoms with Gasteiger partial charge in [-0.25, -0.2) is 0 Å². The summed E-state index contributed by atoms with van der Waals surface area (Å²) in [4.78, 5) is 5.46. The standard InChI is InChI=1S/C109H73BN2/c1-8-32-74(33-9-1)80-44-26-48-86(66-80)92-56-30-57-93(87-49-27-45-81(67-87)75-34-10-2-11-35-75)107(92)111-102-64-62-84(78-40-16-5-17-41-78)70-100(102)110-101-71-85(79-42-18-6-19-43-79)63-65-103(101)112(105-73-91(72-104(111)106(105)110)109(90-52-20-7-21-53-90)98-60-24-22-54-96(98)97-55-23-25-61-99(97)109)108-94(88-50-28-46-82(68-88)76-36-12-3-13-37-76)58-31-59-95(108)89-51-29-47-83(69-89)77-38-14-4-15-39-77/h1-73H. The molecule has 18 aromatic rings. The molecule has 112 heavy (non-hydrogen) atoms. The first-order valence-electron chi connectivity index (χ1n) is 38.9. The van der Waals surface area contributed by atoms with Gasteiger partial charge in [-0.3, -0.25) is 0 Å². The van der Waals surface area contributed by atoms with Gasteiger partial charge in [0.25, 0.3) is 6.71 Å². The fourth-order valence-electron chi connectivity index (χ4n) is 18.5. The van der Waals surface area contributed by atoms with E-state index in [9.17, 15) is 0 Å². The fraction of sp³-hybridized carbons (Fsp3) is 0.00917. The van der Waals surface area contributed by atoms with Crippen molar-refractivity contribution >= 4 is 57.2 Å². The van der Waals surface area contributed by atoms with E-state index in [1.54, 1.807) is 0 Å². The van der Waals surface area contributed by atoms with Gasteiger partial charge < -0.3 is 9.80 Å². The van der Waals surface area contributed by atoms with Crippen molar-refractivity contribution in [3.05, 3.63) is 465 Å². The van der Waals surface area contributed by atoms with Crippen molar-refractivity contribution in [2.45, 2.75) is 5.41 Å². The minimum Gasteiger partial charge on any atom is -0.310 e. The molecule has 3 heteroatoms. The lowest BCUT2D eigenvalue weighted by Crippen LogP contribution is -2.61. The van der Waals surface area contributed by atoms with E-state index < -0.39 is 5.41 Å². The molecule has 0 N–H and O–H groups in total. The van der Waals surface area contributed by atoms with Crippen LogP contribution >= 0.6 is 0 Å². The maximum Gasteiger partial charge on any atom is 0.252 e. The molecule has 2 heterocycles. The molecule has 2 nitrogen and oxygen atoms in total. The molecule has 0 unspecified atom stereocenters. The van der Waals surface area contributed by atoms with Gasteiger partial charge in [-0.2, -0.15) is 0 Å². The number of hydrogen-bond donors (Lipinski definition) is 0. The average Bonchev–Trinajstić information content (AvgIpc) is 0.989. The molecule has 0 amide bonds. The van der Waals surface area contributed by atoms with Gasteiger partial charge >= 0.3 is 0 Å². The van der Waals surface area contributed by atoms with Crippen molar-refractivity contribution in [1.29, 1.82) is 0 Å². The molecule has 0 saturated heterocycles. The molecular formula is C109H73BN2. The molecule has 1 aliphatic carbocycles. The minimum atomic E-state index is -0.853. The molecule has 0 bridgehead atoms. The van der Waals surface area contributed by atoms with Gasteiger partial charge in [0, 0.05) is 45.0 Å². The van der Waals surface area contributed by atoms with Crippen LogP contribution in [-0.4, -0.2) is 6.71 Å². The summed E-state index contributed by atoms with van der Waals surface area (Å²) >= 11 is 0. The summed E-state index contributed by atoms with van der Waals surface area (Å²) in [5.41, 5.74) is 39.3. The van der Waals surface area contributed by atoms with Gasteiger partial charge in [-0.1, -0.05) is 394 Å². The Morgan fingerprint density at radius 2 is 0.420 bits per heavy atom. The molecule has 18 aromatic carbocycles. The Morgan fingerprint density at radius 3 is 0.741 bits per heavy atom. The van der Waals surface area contributed by atoms with Crippen LogP contribution in [0.25, 0.3) is 122 Å². The third-order valence-electron chi connectivity index (χ3n) is 23.5. The number of hydrogen-bond acceptors (Lipinski definition) is 2. The van der Waals surface area contributed by atoms with Crippen molar-refractivity contribution in [2.75, 3.05) is 9.80 Å². The molecular weight excluding hydrogens is 1350 g/mol. The number of anilines is 6. The SMILES string of the molecule is c1ccc(-c2cccc(-c3cccc(-c4cccc(-c5ccccc5)c4)c3N3c4ccc(-c5ccccc5)cc4B4c5cc(-c6ccccc6)ccc5N(c5c(-c6cccc(-c7ccccc7)c6)cccc5-c5cccc(-c6ccccc6)c5)c5cc(C6(c7ccccc7)c7ccccc7-c7ccccc76)cc3c54)c2)cc1. The van der Waals surface area contributed by atoms with Crippen LogP contribution in [0, 0.1) is 0 Å². The number of benzene rings is 18. The second-order valence-corrected chi connectivity index (χ2v) is 29.7. The van der Waals surface area contributed by atoms with Gasteiger partial charge in [-0.15, -0.1) is 0 Å². The zero-order chi connectivity index (χ0) is 74.1. The molecule has 21 rings (SSSR count). The second kappa shape index (κ2) is 27.7. The van der Waals surface area contributed by atoms with Gasteiger partial charge in [0.2, 0.25) is 0 Å². The highest BCUT2D eigenvalue weighted by Crippen LogP contribution is 2.60. The Morgan fingerprint density at radius 1 is 0.170 bits per heavy atom. The van der Waals surface area contributed by atoms with Crippen molar-refractivity contribution < 1.29 is 0 Å². The molecule has 0 aromatic heterocycles. The molecule has 0 atom stereocenters. The zero-order valence-electron chi connectivity index (χ0n) is 61.6. The van der Waals surface area contributed by atoms with Gasteiger partial charge in [0.15, 0.2) is 0 Å². The third kappa shape index (κ3) is 11.1. The van der Waals surface area contributed by atoms with E-state index in [1.807, 2.05) is 0 Å². The van der Waals surface area contributed by atoms with E-state index in [4.69, 9.17) is 0 Å². The Balaban J connectivity index is 0.958. The van der Waals surface area contributed by atoms with E-state index in [-0.39, 0.29) is 6.71 Å². The van der Waals surface area contributed by atoms with Crippen LogP contribution in [0.4, 0.5) is 34.1 Å². The predicted octanol–water partition coefficient (Wildman–Crippen LogP) is 26.8. The molecule has 0 fully saturated rings. The number of para-hydroxylation sites is 2. The fourth-order valence-corrected chi connectivity index (χ4v) is 18.5. The Bertz CT molecular complexity index is 6040. The second-order valence-electron chi connectivity index (χ2n) is 29.7. The Kier molecular flexibility index (Phi) is 16.3. The quantitative estimate of drug-likeness (QED) is 0.100. The molecule has 0 spiro atoms. The van der Waals surface area contributed by atoms with Crippen molar-refractivity contribution in [2.24, 2.45) is 0 Å². The lowest BCUT2D eigenvalue weighted by atomic mass is 9.33. The zero-order valence-corrected chi connectivity index (χ0v) is 61.6. The molecule has 522 valence electrons. The molecule has 2 aliphatic heterocycles. The van der Waals surface area contributed by atoms with Crippen LogP contribution in [0.15, 0.2) is 443 Å². The summed E-state index contributed by atoms with van der Waals surface area (Å²) in [6.07, 6.45) is 0. The highest BCUT2D eigenvalue weighted by molar-refractivity contribution is 7.00. The first kappa shape index (κ1) is 65.9. The highest BCUT2D eigenvalue weighted by Gasteiger charge is 2.51. The van der Waals surface area contributed by atoms with Crippen molar-refractivity contribution in [3.63, 3.8) is 0 Å².